The number of esters is 3. The number of aliphatic hydroxyl groups is 2. The fourth-order valence-corrected chi connectivity index (χ4v) is 2.06. The Morgan fingerprint density at radius 3 is 1.88 bits per heavy atom. The molecule has 0 aromatic heterocycles. The van der Waals surface area contributed by atoms with E-state index in [2.05, 4.69) is 0 Å². The van der Waals surface area contributed by atoms with Crippen molar-refractivity contribution in [1.82, 2.24) is 0 Å². The predicted molar refractivity (Wildman–Crippen MR) is 83.0 cm³/mol. The average molecular weight is 362 g/mol. The van der Waals surface area contributed by atoms with Crippen LogP contribution in [0.1, 0.15) is 34.6 Å². The molecule has 1 fully saturated rings. The molecule has 0 radical (unpaired) electrons. The smallest absolute Gasteiger partial charge is 0.308 e. The van der Waals surface area contributed by atoms with Gasteiger partial charge in [0.1, 0.15) is 18.8 Å². The Morgan fingerprint density at radius 1 is 0.960 bits per heavy atom. The van der Waals surface area contributed by atoms with E-state index in [4.69, 9.17) is 18.9 Å². The molecular weight excluding hydrogens is 336 g/mol. The van der Waals surface area contributed by atoms with Crippen LogP contribution in [0.15, 0.2) is 0 Å². The lowest BCUT2D eigenvalue weighted by Crippen LogP contribution is -2.61. The van der Waals surface area contributed by atoms with E-state index in [9.17, 15) is 24.6 Å². The van der Waals surface area contributed by atoms with Crippen molar-refractivity contribution < 1.29 is 43.5 Å². The first kappa shape index (κ1) is 21.3. The molecule has 0 bridgehead atoms. The molecule has 0 unspecified atom stereocenters. The minimum Gasteiger partial charge on any atom is -0.463 e. The molecule has 0 saturated carbocycles. The second-order valence-electron chi connectivity index (χ2n) is 6.47. The van der Waals surface area contributed by atoms with Crippen molar-refractivity contribution in [2.24, 2.45) is 11.8 Å². The van der Waals surface area contributed by atoms with Gasteiger partial charge in [-0.25, -0.2) is 0 Å². The predicted octanol–water partition coefficient (Wildman–Crippen LogP) is -0.237. The van der Waals surface area contributed by atoms with Crippen molar-refractivity contribution >= 4 is 17.9 Å². The summed E-state index contributed by atoms with van der Waals surface area (Å²) in [6, 6.07) is 0. The maximum atomic E-state index is 12.0. The molecule has 9 nitrogen and oxygen atoms in total. The molecule has 0 aromatic carbocycles. The molecule has 0 aromatic rings. The van der Waals surface area contributed by atoms with Crippen LogP contribution in [0, 0.1) is 11.8 Å². The molecule has 5 atom stereocenters. The number of aliphatic hydroxyl groups excluding tert-OH is 2. The van der Waals surface area contributed by atoms with Gasteiger partial charge in [-0.1, -0.05) is 27.7 Å². The van der Waals surface area contributed by atoms with E-state index in [1.54, 1.807) is 27.7 Å². The second-order valence-corrected chi connectivity index (χ2v) is 6.47. The SMILES string of the molecule is CC(=O)OC[C@H]1O[C@@H](O)[C@H](O)[C@@H](OC(=O)C(C)C)[C@@H]1OC(=O)C(C)C. The highest BCUT2D eigenvalue weighted by atomic mass is 16.7. The molecule has 144 valence electrons. The molecule has 0 aliphatic carbocycles. The Bertz CT molecular complexity index is 488. The topological polar surface area (TPSA) is 129 Å². The molecule has 1 aliphatic heterocycles. The summed E-state index contributed by atoms with van der Waals surface area (Å²) in [4.78, 5) is 34.9. The number of hydrogen-bond acceptors (Lipinski definition) is 9. The van der Waals surface area contributed by atoms with Gasteiger partial charge in [-0.3, -0.25) is 14.4 Å². The quantitative estimate of drug-likeness (QED) is 0.486. The first-order valence-electron chi connectivity index (χ1n) is 8.10. The van der Waals surface area contributed by atoms with Crippen LogP contribution in [0.4, 0.5) is 0 Å². The van der Waals surface area contributed by atoms with E-state index < -0.39 is 60.4 Å². The first-order chi connectivity index (χ1) is 11.5. The third kappa shape index (κ3) is 5.94. The molecule has 0 spiro atoms. The zero-order valence-electron chi connectivity index (χ0n) is 15.0. The molecule has 1 rings (SSSR count). The van der Waals surface area contributed by atoms with Gasteiger partial charge in [-0.2, -0.15) is 0 Å². The van der Waals surface area contributed by atoms with Crippen LogP contribution in [-0.2, 0) is 33.3 Å². The zero-order valence-corrected chi connectivity index (χ0v) is 15.0. The first-order valence-corrected chi connectivity index (χ1v) is 8.10. The highest BCUT2D eigenvalue weighted by Crippen LogP contribution is 2.27. The summed E-state index contributed by atoms with van der Waals surface area (Å²) in [6.45, 7) is 7.23. The van der Waals surface area contributed by atoms with Crippen molar-refractivity contribution in [3.8, 4) is 0 Å². The van der Waals surface area contributed by atoms with Gasteiger partial charge < -0.3 is 29.2 Å². The second kappa shape index (κ2) is 9.12. The number of hydrogen-bond donors (Lipinski definition) is 2. The van der Waals surface area contributed by atoms with Gasteiger partial charge in [-0.05, 0) is 0 Å². The van der Waals surface area contributed by atoms with Crippen LogP contribution in [0.25, 0.3) is 0 Å². The largest absolute Gasteiger partial charge is 0.463 e. The standard InChI is InChI=1S/C16H26O9/c1-7(2)14(19)24-12-10(6-22-9(5)17)23-16(21)11(18)13(12)25-15(20)8(3)4/h7-8,10-13,16,18,21H,6H2,1-5H3/t10-,11-,12-,13-,16-/m1/s1. The Kier molecular flexibility index (Phi) is 7.78. The molecule has 9 heteroatoms. The number of ether oxygens (including phenoxy) is 4. The Morgan fingerprint density at radius 2 is 1.44 bits per heavy atom. The zero-order chi connectivity index (χ0) is 19.3. The van der Waals surface area contributed by atoms with Gasteiger partial charge in [0.2, 0.25) is 0 Å². The molecule has 1 heterocycles. The third-order valence-corrected chi connectivity index (χ3v) is 3.53. The van der Waals surface area contributed by atoms with Gasteiger partial charge in [0, 0.05) is 6.92 Å². The summed E-state index contributed by atoms with van der Waals surface area (Å²) in [5, 5.41) is 20.0. The Labute approximate surface area is 146 Å². The molecule has 0 amide bonds. The number of carbonyl (C=O) groups is 3. The van der Waals surface area contributed by atoms with Crippen molar-refractivity contribution in [2.45, 2.75) is 65.3 Å². The lowest BCUT2D eigenvalue weighted by molar-refractivity contribution is -0.294. The van der Waals surface area contributed by atoms with Crippen molar-refractivity contribution in [2.75, 3.05) is 6.61 Å². The van der Waals surface area contributed by atoms with Crippen LogP contribution in [0.3, 0.4) is 0 Å². The van der Waals surface area contributed by atoms with E-state index in [0.717, 1.165) is 0 Å². The van der Waals surface area contributed by atoms with E-state index >= 15 is 0 Å². The molecule has 1 saturated heterocycles. The Hall–Kier alpha value is -1.71. The van der Waals surface area contributed by atoms with Gasteiger partial charge in [-0.15, -0.1) is 0 Å². The normalized spacial score (nSPS) is 29.4. The summed E-state index contributed by atoms with van der Waals surface area (Å²) in [7, 11) is 0. The lowest BCUT2D eigenvalue weighted by atomic mass is 9.98. The van der Waals surface area contributed by atoms with Crippen LogP contribution in [0.2, 0.25) is 0 Å². The maximum Gasteiger partial charge on any atom is 0.308 e. The van der Waals surface area contributed by atoms with Crippen LogP contribution < -0.4 is 0 Å². The minimum atomic E-state index is -1.69. The van der Waals surface area contributed by atoms with Gasteiger partial charge in [0.05, 0.1) is 11.8 Å². The van der Waals surface area contributed by atoms with Gasteiger partial charge in [0.25, 0.3) is 0 Å². The number of rotatable bonds is 6. The van der Waals surface area contributed by atoms with Crippen molar-refractivity contribution in [1.29, 1.82) is 0 Å². The van der Waals surface area contributed by atoms with Crippen molar-refractivity contribution in [3.63, 3.8) is 0 Å². The van der Waals surface area contributed by atoms with E-state index in [1.165, 1.54) is 6.92 Å². The maximum absolute atomic E-state index is 12.0. The van der Waals surface area contributed by atoms with E-state index in [1.807, 2.05) is 0 Å². The Balaban J connectivity index is 3.06. The highest BCUT2D eigenvalue weighted by molar-refractivity contribution is 5.73. The monoisotopic (exact) mass is 362 g/mol. The lowest BCUT2D eigenvalue weighted by Gasteiger charge is -2.41. The molecule has 2 N–H and O–H groups in total. The highest BCUT2D eigenvalue weighted by Gasteiger charge is 2.50. The van der Waals surface area contributed by atoms with Crippen LogP contribution in [-0.4, -0.2) is 65.4 Å². The summed E-state index contributed by atoms with van der Waals surface area (Å²) in [5.74, 6) is -2.85. The minimum absolute atomic E-state index is 0.342. The average Bonchev–Trinajstić information content (AvgIpc) is 2.51. The fraction of sp³-hybridized carbons (Fsp3) is 0.812. The van der Waals surface area contributed by atoms with Crippen LogP contribution >= 0.6 is 0 Å². The van der Waals surface area contributed by atoms with E-state index in [-0.39, 0.29) is 6.61 Å². The molecular formula is C16H26O9. The summed E-state index contributed by atoms with van der Waals surface area (Å²) >= 11 is 0. The molecule has 1 aliphatic rings. The van der Waals surface area contributed by atoms with Crippen molar-refractivity contribution in [3.05, 3.63) is 0 Å². The van der Waals surface area contributed by atoms with E-state index in [0.29, 0.717) is 0 Å². The summed E-state index contributed by atoms with van der Waals surface area (Å²) in [6.07, 6.45) is -7.02. The molecule has 25 heavy (non-hydrogen) atoms. The van der Waals surface area contributed by atoms with Gasteiger partial charge >= 0.3 is 17.9 Å². The summed E-state index contributed by atoms with van der Waals surface area (Å²) in [5.41, 5.74) is 0. The number of carbonyl (C=O) groups excluding carboxylic acids is 3. The van der Waals surface area contributed by atoms with Crippen LogP contribution in [0.5, 0.6) is 0 Å². The summed E-state index contributed by atoms with van der Waals surface area (Å²) < 4.78 is 20.5. The fourth-order valence-electron chi connectivity index (χ4n) is 2.06. The van der Waals surface area contributed by atoms with Gasteiger partial charge in [0.15, 0.2) is 18.5 Å². The third-order valence-electron chi connectivity index (χ3n) is 3.53.